The average Bonchev–Trinajstić information content (AvgIpc) is 3.36. The van der Waals surface area contributed by atoms with Crippen molar-refractivity contribution in [3.8, 4) is 11.5 Å². The molecule has 3 aromatic rings. The average molecular weight is 491 g/mol. The summed E-state index contributed by atoms with van der Waals surface area (Å²) in [6.45, 7) is 6.95. The summed E-state index contributed by atoms with van der Waals surface area (Å²) in [6.07, 6.45) is 2.43. The second-order valence-electron chi connectivity index (χ2n) is 8.43. The van der Waals surface area contributed by atoms with E-state index in [-0.39, 0.29) is 30.9 Å². The smallest absolute Gasteiger partial charge is 0.254 e. The van der Waals surface area contributed by atoms with Crippen LogP contribution in [0.15, 0.2) is 72.6 Å². The highest BCUT2D eigenvalue weighted by Gasteiger charge is 2.33. The summed E-state index contributed by atoms with van der Waals surface area (Å²) in [5.41, 5.74) is 2.64. The third-order valence-electron chi connectivity index (χ3n) is 6.19. The highest BCUT2D eigenvalue weighted by molar-refractivity contribution is 7.10. The van der Waals surface area contributed by atoms with Crippen molar-refractivity contribution < 1.29 is 19.1 Å². The Hall–Kier alpha value is -3.58. The minimum absolute atomic E-state index is 0.0393. The molecule has 0 spiro atoms. The lowest BCUT2D eigenvalue weighted by Crippen LogP contribution is -2.47. The molecule has 2 heterocycles. The Morgan fingerprint density at radius 3 is 2.80 bits per heavy atom. The molecule has 0 bridgehead atoms. The number of ether oxygens (including phenoxy) is 2. The molecule has 1 aromatic heterocycles. The van der Waals surface area contributed by atoms with Crippen molar-refractivity contribution in [2.24, 2.45) is 0 Å². The molecular formula is C28H30N2O4S. The first-order valence-electron chi connectivity index (χ1n) is 11.6. The van der Waals surface area contributed by atoms with Crippen molar-refractivity contribution in [3.63, 3.8) is 0 Å². The number of fused-ring (bicyclic) bond motifs is 1. The molecule has 0 N–H and O–H groups in total. The fraction of sp³-hybridized carbons (Fsp3) is 0.286. The molecule has 35 heavy (non-hydrogen) atoms. The van der Waals surface area contributed by atoms with Crippen LogP contribution in [0.5, 0.6) is 11.5 Å². The number of nitrogens with zero attached hydrogens (tertiary/aromatic N) is 2. The molecule has 7 heteroatoms. The number of benzene rings is 2. The Morgan fingerprint density at radius 2 is 2.03 bits per heavy atom. The van der Waals surface area contributed by atoms with Crippen LogP contribution < -0.4 is 9.47 Å². The number of carbonyl (C=O) groups is 2. The van der Waals surface area contributed by atoms with Gasteiger partial charge in [-0.15, -0.1) is 17.9 Å². The zero-order valence-electron chi connectivity index (χ0n) is 20.1. The number of hydrogen-bond acceptors (Lipinski definition) is 5. The van der Waals surface area contributed by atoms with Crippen LogP contribution in [0.1, 0.15) is 32.4 Å². The molecule has 6 nitrogen and oxygen atoms in total. The Kier molecular flexibility index (Phi) is 7.87. The minimum Gasteiger partial charge on any atom is -0.497 e. The SMILES string of the molecule is C=CCN(CC(=O)N1CCc2sccc2[C@H]1COc1ccccc1C)C(=O)c1cccc(OC)c1. The molecule has 0 saturated carbocycles. The van der Waals surface area contributed by atoms with Gasteiger partial charge in [-0.25, -0.2) is 0 Å². The van der Waals surface area contributed by atoms with Gasteiger partial charge >= 0.3 is 0 Å². The Morgan fingerprint density at radius 1 is 1.20 bits per heavy atom. The second kappa shape index (κ2) is 11.2. The summed E-state index contributed by atoms with van der Waals surface area (Å²) in [7, 11) is 1.56. The van der Waals surface area contributed by atoms with E-state index >= 15 is 0 Å². The van der Waals surface area contributed by atoms with Gasteiger partial charge in [0.05, 0.1) is 13.2 Å². The van der Waals surface area contributed by atoms with Crippen LogP contribution in [-0.4, -0.2) is 55.0 Å². The normalized spacial score (nSPS) is 14.7. The van der Waals surface area contributed by atoms with E-state index in [0.717, 1.165) is 23.3 Å². The maximum Gasteiger partial charge on any atom is 0.254 e. The van der Waals surface area contributed by atoms with Gasteiger partial charge in [-0.3, -0.25) is 9.59 Å². The molecule has 4 rings (SSSR count). The summed E-state index contributed by atoms with van der Waals surface area (Å²) >= 11 is 1.71. The van der Waals surface area contributed by atoms with Crippen molar-refractivity contribution in [2.45, 2.75) is 19.4 Å². The lowest BCUT2D eigenvalue weighted by atomic mass is 10.00. The lowest BCUT2D eigenvalue weighted by Gasteiger charge is -2.37. The summed E-state index contributed by atoms with van der Waals surface area (Å²) < 4.78 is 11.4. The van der Waals surface area contributed by atoms with Crippen molar-refractivity contribution in [2.75, 3.05) is 33.4 Å². The number of aryl methyl sites for hydroxylation is 1. The molecule has 0 saturated heterocycles. The molecule has 1 aliphatic rings. The number of para-hydroxylation sites is 1. The van der Waals surface area contributed by atoms with E-state index < -0.39 is 0 Å². The van der Waals surface area contributed by atoms with Crippen LogP contribution in [0.25, 0.3) is 0 Å². The van der Waals surface area contributed by atoms with Gasteiger partial charge in [0.25, 0.3) is 5.91 Å². The summed E-state index contributed by atoms with van der Waals surface area (Å²) in [6, 6.07) is 16.7. The van der Waals surface area contributed by atoms with Gasteiger partial charge in [0.1, 0.15) is 24.7 Å². The number of amides is 2. The van der Waals surface area contributed by atoms with Crippen molar-refractivity contribution >= 4 is 23.2 Å². The zero-order valence-corrected chi connectivity index (χ0v) is 20.9. The van der Waals surface area contributed by atoms with Gasteiger partial charge in [0, 0.05) is 23.5 Å². The molecule has 2 amide bonds. The van der Waals surface area contributed by atoms with Crippen molar-refractivity contribution in [1.82, 2.24) is 9.80 Å². The van der Waals surface area contributed by atoms with Crippen LogP contribution in [0.2, 0.25) is 0 Å². The first-order valence-corrected chi connectivity index (χ1v) is 12.5. The summed E-state index contributed by atoms with van der Waals surface area (Å²) in [5, 5.41) is 2.07. The first kappa shape index (κ1) is 24.5. The lowest BCUT2D eigenvalue weighted by molar-refractivity contribution is -0.135. The van der Waals surface area contributed by atoms with Crippen molar-refractivity contribution in [3.05, 3.63) is 94.2 Å². The first-order chi connectivity index (χ1) is 17.0. The third kappa shape index (κ3) is 5.57. The van der Waals surface area contributed by atoms with E-state index in [0.29, 0.717) is 24.5 Å². The van der Waals surface area contributed by atoms with E-state index in [9.17, 15) is 9.59 Å². The second-order valence-corrected chi connectivity index (χ2v) is 9.44. The van der Waals surface area contributed by atoms with E-state index in [1.165, 1.54) is 9.78 Å². The highest BCUT2D eigenvalue weighted by atomic mass is 32.1. The van der Waals surface area contributed by atoms with Gasteiger partial charge < -0.3 is 19.3 Å². The van der Waals surface area contributed by atoms with Gasteiger partial charge in [0.2, 0.25) is 5.91 Å². The van der Waals surface area contributed by atoms with Gasteiger partial charge in [0.15, 0.2) is 0 Å². The number of thiophene rings is 1. The monoisotopic (exact) mass is 490 g/mol. The van der Waals surface area contributed by atoms with E-state index in [1.807, 2.05) is 36.1 Å². The summed E-state index contributed by atoms with van der Waals surface area (Å²) in [5.74, 6) is 1.05. The zero-order chi connectivity index (χ0) is 24.8. The number of rotatable bonds is 9. The molecule has 0 unspecified atom stereocenters. The van der Waals surface area contributed by atoms with Gasteiger partial charge in [-0.05, 0) is 60.2 Å². The van der Waals surface area contributed by atoms with E-state index in [4.69, 9.17) is 9.47 Å². The summed E-state index contributed by atoms with van der Waals surface area (Å²) in [4.78, 5) is 31.5. The largest absolute Gasteiger partial charge is 0.497 e. The molecule has 1 aliphatic heterocycles. The van der Waals surface area contributed by atoms with Crippen molar-refractivity contribution in [1.29, 1.82) is 0 Å². The maximum atomic E-state index is 13.6. The fourth-order valence-electron chi connectivity index (χ4n) is 4.33. The fourth-order valence-corrected chi connectivity index (χ4v) is 5.26. The Balaban J connectivity index is 1.53. The quantitative estimate of drug-likeness (QED) is 0.401. The molecule has 0 aliphatic carbocycles. The Labute approximate surface area is 210 Å². The van der Waals surface area contributed by atoms with Crippen LogP contribution >= 0.6 is 11.3 Å². The molecule has 0 radical (unpaired) electrons. The standard InChI is InChI=1S/C28H30N2O4S/c1-4-14-29(28(32)21-9-7-10-22(17-21)33-3)18-27(31)30-15-12-26-23(13-16-35-26)24(30)19-34-25-11-6-5-8-20(25)2/h4-11,13,16-17,24H,1,12,14-15,18-19H2,2-3H3/t24-/m1/s1. The number of methoxy groups -OCH3 is 1. The molecule has 1 atom stereocenters. The van der Waals surface area contributed by atoms with Crippen LogP contribution in [0.3, 0.4) is 0 Å². The minimum atomic E-state index is -0.238. The van der Waals surface area contributed by atoms with Gasteiger partial charge in [-0.2, -0.15) is 0 Å². The van der Waals surface area contributed by atoms with E-state index in [1.54, 1.807) is 48.8 Å². The molecule has 0 fully saturated rings. The number of hydrogen-bond donors (Lipinski definition) is 0. The van der Waals surface area contributed by atoms with Crippen LogP contribution in [0.4, 0.5) is 0 Å². The van der Waals surface area contributed by atoms with E-state index in [2.05, 4.69) is 18.0 Å². The molecular weight excluding hydrogens is 460 g/mol. The topological polar surface area (TPSA) is 59.1 Å². The maximum absolute atomic E-state index is 13.6. The Bertz CT molecular complexity index is 1200. The van der Waals surface area contributed by atoms with Crippen LogP contribution in [-0.2, 0) is 11.2 Å². The van der Waals surface area contributed by atoms with Gasteiger partial charge in [-0.1, -0.05) is 30.3 Å². The van der Waals surface area contributed by atoms with Crippen LogP contribution in [0, 0.1) is 6.92 Å². The highest BCUT2D eigenvalue weighted by Crippen LogP contribution is 2.34. The molecule has 182 valence electrons. The predicted octanol–water partition coefficient (Wildman–Crippen LogP) is 4.90. The molecule has 2 aromatic carbocycles. The number of carbonyl (C=O) groups excluding carboxylic acids is 2. The predicted molar refractivity (Wildman–Crippen MR) is 138 cm³/mol. The third-order valence-corrected chi connectivity index (χ3v) is 7.18.